The highest BCUT2D eigenvalue weighted by Crippen LogP contribution is 2.11. The van der Waals surface area contributed by atoms with Crippen LogP contribution in [0.15, 0.2) is 24.3 Å². The highest BCUT2D eigenvalue weighted by Gasteiger charge is 1.98. The molecule has 0 spiro atoms. The van der Waals surface area contributed by atoms with E-state index in [2.05, 4.69) is 10.6 Å². The fraction of sp³-hybridized carbons (Fsp3) is 0.417. The normalized spacial score (nSPS) is 9.76. The summed E-state index contributed by atoms with van der Waals surface area (Å²) in [4.78, 5) is 11.0. The Kier molecular flexibility index (Phi) is 5.88. The summed E-state index contributed by atoms with van der Waals surface area (Å²) in [6.07, 6.45) is 0. The third kappa shape index (κ3) is 5.21. The minimum atomic E-state index is -0.189. The number of methoxy groups -OCH3 is 1. The summed E-state index contributed by atoms with van der Waals surface area (Å²) < 4.78 is 10.3. The van der Waals surface area contributed by atoms with E-state index < -0.39 is 0 Å². The van der Waals surface area contributed by atoms with Gasteiger partial charge in [0.25, 0.3) is 0 Å². The molecule has 0 aliphatic rings. The lowest BCUT2D eigenvalue weighted by atomic mass is 10.2. The lowest BCUT2D eigenvalue weighted by molar-refractivity contribution is 0.146. The topological polar surface area (TPSA) is 59.6 Å². The third-order valence-electron chi connectivity index (χ3n) is 2.16. The molecule has 1 aromatic rings. The van der Waals surface area contributed by atoms with Gasteiger partial charge in [-0.05, 0) is 17.7 Å². The monoisotopic (exact) mass is 238 g/mol. The number of urea groups is 1. The summed E-state index contributed by atoms with van der Waals surface area (Å²) in [7, 11) is 3.22. The van der Waals surface area contributed by atoms with Gasteiger partial charge in [0.1, 0.15) is 12.4 Å². The molecule has 0 aromatic heterocycles. The van der Waals surface area contributed by atoms with Crippen molar-refractivity contribution in [3.8, 4) is 5.75 Å². The quantitative estimate of drug-likeness (QED) is 0.731. The molecule has 2 amide bonds. The Morgan fingerprint density at radius 2 is 1.94 bits per heavy atom. The minimum absolute atomic E-state index is 0.189. The molecule has 5 heteroatoms. The summed E-state index contributed by atoms with van der Waals surface area (Å²) in [5.41, 5.74) is 1.02. The van der Waals surface area contributed by atoms with Gasteiger partial charge in [0.2, 0.25) is 0 Å². The average molecular weight is 238 g/mol. The zero-order chi connectivity index (χ0) is 12.5. The molecule has 0 aliphatic heterocycles. The summed E-state index contributed by atoms with van der Waals surface area (Å²) in [5.74, 6) is 0.797. The van der Waals surface area contributed by atoms with Crippen molar-refractivity contribution in [3.05, 3.63) is 29.8 Å². The molecule has 0 atom stereocenters. The van der Waals surface area contributed by atoms with Crippen LogP contribution in [0.4, 0.5) is 4.79 Å². The van der Waals surface area contributed by atoms with Crippen LogP contribution >= 0.6 is 0 Å². The number of amides is 2. The maximum absolute atomic E-state index is 11.0. The van der Waals surface area contributed by atoms with Gasteiger partial charge in [-0.3, -0.25) is 0 Å². The van der Waals surface area contributed by atoms with Crippen LogP contribution in [-0.4, -0.2) is 33.4 Å². The van der Waals surface area contributed by atoms with Crippen molar-refractivity contribution in [3.63, 3.8) is 0 Å². The molecule has 0 unspecified atom stereocenters. The second-order valence-electron chi connectivity index (χ2n) is 3.42. The highest BCUT2D eigenvalue weighted by atomic mass is 16.5. The van der Waals surface area contributed by atoms with Crippen molar-refractivity contribution in [2.24, 2.45) is 0 Å². The van der Waals surface area contributed by atoms with E-state index in [4.69, 9.17) is 9.47 Å². The first-order valence-corrected chi connectivity index (χ1v) is 5.42. The first-order valence-electron chi connectivity index (χ1n) is 5.42. The van der Waals surface area contributed by atoms with E-state index in [-0.39, 0.29) is 6.03 Å². The van der Waals surface area contributed by atoms with Crippen molar-refractivity contribution in [1.82, 2.24) is 10.6 Å². The smallest absolute Gasteiger partial charge is 0.314 e. The van der Waals surface area contributed by atoms with E-state index in [1.54, 1.807) is 14.2 Å². The Labute approximate surface area is 101 Å². The van der Waals surface area contributed by atoms with E-state index in [0.29, 0.717) is 19.8 Å². The Morgan fingerprint density at radius 1 is 1.24 bits per heavy atom. The van der Waals surface area contributed by atoms with Crippen LogP contribution in [0.2, 0.25) is 0 Å². The standard InChI is InChI=1S/C12H18N2O3/c1-13-12(15)14-9-10-3-5-11(6-4-10)17-8-7-16-2/h3-6H,7-9H2,1-2H3,(H2,13,14,15). The van der Waals surface area contributed by atoms with Gasteiger partial charge in [0.15, 0.2) is 0 Å². The molecule has 0 radical (unpaired) electrons. The molecule has 0 saturated heterocycles. The number of nitrogens with one attached hydrogen (secondary N) is 2. The largest absolute Gasteiger partial charge is 0.491 e. The van der Waals surface area contributed by atoms with Gasteiger partial charge in [-0.25, -0.2) is 4.79 Å². The number of carbonyl (C=O) groups excluding carboxylic acids is 1. The third-order valence-corrected chi connectivity index (χ3v) is 2.16. The molecule has 94 valence electrons. The molecular weight excluding hydrogens is 220 g/mol. The van der Waals surface area contributed by atoms with Crippen molar-refractivity contribution >= 4 is 6.03 Å². The van der Waals surface area contributed by atoms with Gasteiger partial charge >= 0.3 is 6.03 Å². The number of rotatable bonds is 6. The molecule has 1 rings (SSSR count). The molecule has 0 fully saturated rings. The van der Waals surface area contributed by atoms with E-state index >= 15 is 0 Å². The fourth-order valence-electron chi connectivity index (χ4n) is 1.22. The van der Waals surface area contributed by atoms with Gasteiger partial charge in [0, 0.05) is 20.7 Å². The summed E-state index contributed by atoms with van der Waals surface area (Å²) >= 11 is 0. The van der Waals surface area contributed by atoms with Crippen LogP contribution in [0.1, 0.15) is 5.56 Å². The first-order chi connectivity index (χ1) is 8.26. The Bertz CT molecular complexity index is 338. The average Bonchev–Trinajstić information content (AvgIpc) is 2.37. The van der Waals surface area contributed by atoms with Crippen LogP contribution in [0, 0.1) is 0 Å². The van der Waals surface area contributed by atoms with E-state index in [1.165, 1.54) is 0 Å². The summed E-state index contributed by atoms with van der Waals surface area (Å²) in [6, 6.07) is 7.38. The highest BCUT2D eigenvalue weighted by molar-refractivity contribution is 5.73. The van der Waals surface area contributed by atoms with Gasteiger partial charge in [-0.2, -0.15) is 0 Å². The van der Waals surface area contributed by atoms with Crippen LogP contribution in [0.25, 0.3) is 0 Å². The SMILES string of the molecule is CNC(=O)NCc1ccc(OCCOC)cc1. The van der Waals surface area contributed by atoms with Gasteiger partial charge < -0.3 is 20.1 Å². The fourth-order valence-corrected chi connectivity index (χ4v) is 1.22. The zero-order valence-corrected chi connectivity index (χ0v) is 10.2. The zero-order valence-electron chi connectivity index (χ0n) is 10.2. The minimum Gasteiger partial charge on any atom is -0.491 e. The lowest BCUT2D eigenvalue weighted by Crippen LogP contribution is -2.32. The van der Waals surface area contributed by atoms with Gasteiger partial charge in [-0.15, -0.1) is 0 Å². The molecule has 0 aliphatic carbocycles. The molecule has 2 N–H and O–H groups in total. The van der Waals surface area contributed by atoms with Gasteiger partial charge in [-0.1, -0.05) is 12.1 Å². The predicted octanol–water partition coefficient (Wildman–Crippen LogP) is 1.14. The second-order valence-corrected chi connectivity index (χ2v) is 3.42. The Morgan fingerprint density at radius 3 is 2.53 bits per heavy atom. The number of hydrogen-bond acceptors (Lipinski definition) is 3. The van der Waals surface area contributed by atoms with Crippen LogP contribution in [0.5, 0.6) is 5.75 Å². The van der Waals surface area contributed by atoms with Crippen molar-refractivity contribution in [1.29, 1.82) is 0 Å². The Hall–Kier alpha value is -1.75. The molecule has 1 aromatic carbocycles. The number of ether oxygens (including phenoxy) is 2. The van der Waals surface area contributed by atoms with E-state index in [1.807, 2.05) is 24.3 Å². The molecule has 17 heavy (non-hydrogen) atoms. The Balaban J connectivity index is 2.36. The molecule has 0 saturated carbocycles. The number of carbonyl (C=O) groups is 1. The van der Waals surface area contributed by atoms with E-state index in [9.17, 15) is 4.79 Å². The maximum Gasteiger partial charge on any atom is 0.314 e. The van der Waals surface area contributed by atoms with Gasteiger partial charge in [0.05, 0.1) is 6.61 Å². The second kappa shape index (κ2) is 7.51. The molecular formula is C12H18N2O3. The predicted molar refractivity (Wildman–Crippen MR) is 65.1 cm³/mol. The number of hydrogen-bond donors (Lipinski definition) is 2. The molecule has 0 heterocycles. The van der Waals surface area contributed by atoms with Crippen LogP contribution < -0.4 is 15.4 Å². The summed E-state index contributed by atoms with van der Waals surface area (Å²) in [6.45, 7) is 1.60. The first kappa shape index (κ1) is 13.3. The summed E-state index contributed by atoms with van der Waals surface area (Å²) in [5, 5.41) is 5.20. The van der Waals surface area contributed by atoms with Crippen LogP contribution in [0.3, 0.4) is 0 Å². The van der Waals surface area contributed by atoms with Crippen molar-refractivity contribution < 1.29 is 14.3 Å². The van der Waals surface area contributed by atoms with E-state index in [0.717, 1.165) is 11.3 Å². The van der Waals surface area contributed by atoms with Crippen LogP contribution in [-0.2, 0) is 11.3 Å². The molecule has 0 bridgehead atoms. The number of benzene rings is 1. The lowest BCUT2D eigenvalue weighted by Gasteiger charge is -2.07. The van der Waals surface area contributed by atoms with Crippen molar-refractivity contribution in [2.75, 3.05) is 27.4 Å². The molecule has 5 nitrogen and oxygen atoms in total. The van der Waals surface area contributed by atoms with Crippen molar-refractivity contribution in [2.45, 2.75) is 6.54 Å². The maximum atomic E-state index is 11.0.